The Morgan fingerprint density at radius 3 is 2.85 bits per heavy atom. The standard InChI is InChI=1S/C11H11F3N4O.ClH/c12-11(13,14)6-3-7-9(16-4-6)18-2-1-15-5-8(18)10(19)17-7;/h3-4,8,15H,1-2,5H2,(H,17,19);1H/t8-;/m0./s1. The quantitative estimate of drug-likeness (QED) is 0.757. The van der Waals surface area contributed by atoms with Gasteiger partial charge in [-0.05, 0) is 6.07 Å². The molecular formula is C11H12ClF3N4O. The molecule has 2 aliphatic rings. The Morgan fingerprint density at radius 1 is 1.40 bits per heavy atom. The summed E-state index contributed by atoms with van der Waals surface area (Å²) in [6, 6.07) is 0.517. The molecular weight excluding hydrogens is 297 g/mol. The first kappa shape index (κ1) is 14.9. The highest BCUT2D eigenvalue weighted by atomic mass is 35.5. The Morgan fingerprint density at radius 2 is 2.15 bits per heavy atom. The molecule has 2 N–H and O–H groups in total. The number of piperazine rings is 1. The van der Waals surface area contributed by atoms with E-state index in [0.29, 0.717) is 25.5 Å². The molecule has 20 heavy (non-hydrogen) atoms. The average Bonchev–Trinajstić information content (AvgIpc) is 2.37. The zero-order chi connectivity index (χ0) is 13.6. The van der Waals surface area contributed by atoms with Crippen molar-refractivity contribution in [3.63, 3.8) is 0 Å². The number of nitrogens with one attached hydrogen (secondary N) is 2. The lowest BCUT2D eigenvalue weighted by Crippen LogP contribution is -2.59. The second kappa shape index (κ2) is 5.10. The average molecular weight is 309 g/mol. The van der Waals surface area contributed by atoms with E-state index in [0.717, 1.165) is 12.3 Å². The highest BCUT2D eigenvalue weighted by molar-refractivity contribution is 6.03. The molecule has 0 radical (unpaired) electrons. The SMILES string of the molecule is Cl.O=C1Nc2cc(C(F)(F)F)cnc2N2CCNC[C@@H]12. The molecule has 3 heterocycles. The number of alkyl halides is 3. The molecule has 0 aliphatic carbocycles. The summed E-state index contributed by atoms with van der Waals surface area (Å²) >= 11 is 0. The fraction of sp³-hybridized carbons (Fsp3) is 0.455. The topological polar surface area (TPSA) is 57.3 Å². The third-order valence-electron chi connectivity index (χ3n) is 3.27. The van der Waals surface area contributed by atoms with Crippen molar-refractivity contribution in [1.82, 2.24) is 10.3 Å². The molecule has 0 unspecified atom stereocenters. The Labute approximate surface area is 118 Å². The molecule has 1 fully saturated rings. The van der Waals surface area contributed by atoms with Gasteiger partial charge in [-0.2, -0.15) is 13.2 Å². The number of hydrogen-bond donors (Lipinski definition) is 2. The molecule has 1 amide bonds. The van der Waals surface area contributed by atoms with Crippen LogP contribution in [0.2, 0.25) is 0 Å². The predicted molar refractivity (Wildman–Crippen MR) is 69.1 cm³/mol. The van der Waals surface area contributed by atoms with Crippen LogP contribution in [0, 0.1) is 0 Å². The highest BCUT2D eigenvalue weighted by Gasteiger charge is 2.38. The lowest BCUT2D eigenvalue weighted by atomic mass is 10.1. The maximum Gasteiger partial charge on any atom is 0.417 e. The monoisotopic (exact) mass is 308 g/mol. The number of anilines is 2. The van der Waals surface area contributed by atoms with Crippen LogP contribution in [-0.4, -0.2) is 36.6 Å². The second-order valence-corrected chi connectivity index (χ2v) is 4.50. The van der Waals surface area contributed by atoms with Gasteiger partial charge in [0.25, 0.3) is 0 Å². The van der Waals surface area contributed by atoms with Crippen LogP contribution in [0.15, 0.2) is 12.3 Å². The van der Waals surface area contributed by atoms with E-state index in [2.05, 4.69) is 15.6 Å². The first-order chi connectivity index (χ1) is 8.97. The molecule has 0 saturated carbocycles. The molecule has 0 bridgehead atoms. The molecule has 1 aromatic heterocycles. The predicted octanol–water partition coefficient (Wildman–Crippen LogP) is 1.25. The van der Waals surface area contributed by atoms with Gasteiger partial charge in [-0.25, -0.2) is 4.98 Å². The molecule has 110 valence electrons. The van der Waals surface area contributed by atoms with Gasteiger partial charge in [-0.1, -0.05) is 0 Å². The van der Waals surface area contributed by atoms with Gasteiger partial charge in [-0.3, -0.25) is 4.79 Å². The summed E-state index contributed by atoms with van der Waals surface area (Å²) in [5, 5.41) is 5.56. The zero-order valence-electron chi connectivity index (χ0n) is 10.2. The fourth-order valence-corrected chi connectivity index (χ4v) is 2.34. The van der Waals surface area contributed by atoms with Gasteiger partial charge >= 0.3 is 6.18 Å². The van der Waals surface area contributed by atoms with Crippen LogP contribution in [0.5, 0.6) is 0 Å². The van der Waals surface area contributed by atoms with Gasteiger partial charge in [0.05, 0.1) is 11.3 Å². The first-order valence-corrected chi connectivity index (χ1v) is 5.82. The largest absolute Gasteiger partial charge is 0.417 e. The van der Waals surface area contributed by atoms with Crippen LogP contribution in [0.25, 0.3) is 0 Å². The zero-order valence-corrected chi connectivity index (χ0v) is 11.0. The number of rotatable bonds is 0. The molecule has 1 aromatic rings. The van der Waals surface area contributed by atoms with Crippen LogP contribution in [0.4, 0.5) is 24.7 Å². The van der Waals surface area contributed by atoms with Gasteiger partial charge < -0.3 is 15.5 Å². The van der Waals surface area contributed by atoms with Crippen molar-refractivity contribution in [2.45, 2.75) is 12.2 Å². The van der Waals surface area contributed by atoms with E-state index in [4.69, 9.17) is 0 Å². The summed E-state index contributed by atoms with van der Waals surface area (Å²) in [4.78, 5) is 17.5. The molecule has 1 atom stereocenters. The summed E-state index contributed by atoms with van der Waals surface area (Å²) in [6.45, 7) is 1.68. The molecule has 9 heteroatoms. The van der Waals surface area contributed by atoms with E-state index >= 15 is 0 Å². The molecule has 1 saturated heterocycles. The van der Waals surface area contributed by atoms with Crippen LogP contribution >= 0.6 is 12.4 Å². The lowest BCUT2D eigenvalue weighted by Gasteiger charge is -2.40. The Kier molecular flexibility index (Phi) is 3.79. The third kappa shape index (κ3) is 2.40. The van der Waals surface area contributed by atoms with E-state index in [9.17, 15) is 18.0 Å². The number of aromatic nitrogens is 1. The maximum absolute atomic E-state index is 12.6. The molecule has 3 rings (SSSR count). The molecule has 0 spiro atoms. The van der Waals surface area contributed by atoms with Gasteiger partial charge in [0, 0.05) is 25.8 Å². The van der Waals surface area contributed by atoms with Gasteiger partial charge in [0.15, 0.2) is 5.82 Å². The van der Waals surface area contributed by atoms with E-state index in [-0.39, 0.29) is 24.0 Å². The summed E-state index contributed by atoms with van der Waals surface area (Å²) in [5.41, 5.74) is -0.738. The smallest absolute Gasteiger partial charge is 0.340 e. The summed E-state index contributed by atoms with van der Waals surface area (Å²) in [5.74, 6) is 0.0972. The first-order valence-electron chi connectivity index (χ1n) is 5.82. The van der Waals surface area contributed by atoms with Crippen molar-refractivity contribution in [3.8, 4) is 0 Å². The van der Waals surface area contributed by atoms with E-state index < -0.39 is 17.8 Å². The minimum Gasteiger partial charge on any atom is -0.340 e. The van der Waals surface area contributed by atoms with Crippen LogP contribution < -0.4 is 15.5 Å². The van der Waals surface area contributed by atoms with Gasteiger partial charge in [0.1, 0.15) is 6.04 Å². The summed E-state index contributed by atoms with van der Waals surface area (Å²) in [7, 11) is 0. The van der Waals surface area contributed by atoms with Crippen molar-refractivity contribution >= 4 is 29.8 Å². The molecule has 2 aliphatic heterocycles. The van der Waals surface area contributed by atoms with E-state index in [1.165, 1.54) is 0 Å². The lowest BCUT2D eigenvalue weighted by molar-refractivity contribution is -0.137. The normalized spacial score (nSPS) is 21.4. The van der Waals surface area contributed by atoms with Crippen molar-refractivity contribution in [1.29, 1.82) is 0 Å². The van der Waals surface area contributed by atoms with Crippen molar-refractivity contribution < 1.29 is 18.0 Å². The molecule has 0 aromatic carbocycles. The third-order valence-corrected chi connectivity index (χ3v) is 3.27. The van der Waals surface area contributed by atoms with Crippen LogP contribution in [0.1, 0.15) is 5.56 Å². The summed E-state index contributed by atoms with van der Waals surface area (Å²) in [6.07, 6.45) is -3.66. The van der Waals surface area contributed by atoms with Crippen LogP contribution in [0.3, 0.4) is 0 Å². The van der Waals surface area contributed by atoms with Crippen molar-refractivity contribution in [3.05, 3.63) is 17.8 Å². The minimum absolute atomic E-state index is 0. The highest BCUT2D eigenvalue weighted by Crippen LogP contribution is 2.36. The Bertz CT molecular complexity index is 537. The number of carbonyl (C=O) groups is 1. The van der Waals surface area contributed by atoms with E-state index in [1.54, 1.807) is 4.90 Å². The number of fused-ring (bicyclic) bond motifs is 3. The Balaban J connectivity index is 0.00000147. The molecule has 5 nitrogen and oxygen atoms in total. The fourth-order valence-electron chi connectivity index (χ4n) is 2.34. The van der Waals surface area contributed by atoms with Crippen LogP contribution in [-0.2, 0) is 11.0 Å². The van der Waals surface area contributed by atoms with Gasteiger partial charge in [-0.15, -0.1) is 12.4 Å². The summed E-state index contributed by atoms with van der Waals surface area (Å²) < 4.78 is 37.8. The van der Waals surface area contributed by atoms with E-state index in [1.807, 2.05) is 0 Å². The number of halogens is 4. The number of amides is 1. The minimum atomic E-state index is -4.47. The number of carbonyl (C=O) groups excluding carboxylic acids is 1. The van der Waals surface area contributed by atoms with Gasteiger partial charge in [0.2, 0.25) is 5.91 Å². The number of hydrogen-bond acceptors (Lipinski definition) is 4. The number of pyridine rings is 1. The van der Waals surface area contributed by atoms with Crippen molar-refractivity contribution in [2.24, 2.45) is 0 Å². The Hall–Kier alpha value is -1.54. The number of nitrogens with zero attached hydrogens (tertiary/aromatic N) is 2. The second-order valence-electron chi connectivity index (χ2n) is 4.50. The maximum atomic E-state index is 12.6. The van der Waals surface area contributed by atoms with Crippen molar-refractivity contribution in [2.75, 3.05) is 29.9 Å².